The minimum atomic E-state index is -0.378. The van der Waals surface area contributed by atoms with Crippen LogP contribution in [0.3, 0.4) is 0 Å². The zero-order chi connectivity index (χ0) is 14.3. The third-order valence-electron chi connectivity index (χ3n) is 3.14. The Balaban J connectivity index is 2.28. The first-order valence-corrected chi connectivity index (χ1v) is 6.39. The normalized spacial score (nSPS) is 11.4. The summed E-state index contributed by atoms with van der Waals surface area (Å²) >= 11 is 0. The fourth-order valence-corrected chi connectivity index (χ4v) is 2.20. The number of rotatable bonds is 2. The summed E-state index contributed by atoms with van der Waals surface area (Å²) in [7, 11) is 0. The van der Waals surface area contributed by atoms with Gasteiger partial charge in [0, 0.05) is 17.7 Å². The van der Waals surface area contributed by atoms with Gasteiger partial charge in [-0.2, -0.15) is 5.10 Å². The van der Waals surface area contributed by atoms with E-state index in [0.29, 0.717) is 16.7 Å². The third kappa shape index (κ3) is 2.01. The number of phenolic OH excluding ortho intramolecular Hbond substituents is 1. The molecule has 1 N–H and O–H groups in total. The Morgan fingerprint density at radius 1 is 1.20 bits per heavy atom. The van der Waals surface area contributed by atoms with Gasteiger partial charge in [-0.05, 0) is 38.1 Å². The molecule has 0 atom stereocenters. The topological polar surface area (TPSA) is 50.9 Å². The lowest BCUT2D eigenvalue weighted by Gasteiger charge is -2.06. The third-order valence-corrected chi connectivity index (χ3v) is 3.14. The first-order valence-electron chi connectivity index (χ1n) is 6.39. The summed E-state index contributed by atoms with van der Waals surface area (Å²) in [6.45, 7) is 3.97. The lowest BCUT2D eigenvalue weighted by Crippen LogP contribution is -2.02. The minimum Gasteiger partial charge on any atom is -0.508 e. The average Bonchev–Trinajstić information content (AvgIpc) is 2.78. The smallest absolute Gasteiger partial charge is 0.143 e. The second kappa shape index (κ2) is 4.59. The highest BCUT2D eigenvalue weighted by molar-refractivity contribution is 5.90. The van der Waals surface area contributed by atoms with Crippen molar-refractivity contribution in [2.24, 2.45) is 0 Å². The van der Waals surface area contributed by atoms with Crippen molar-refractivity contribution >= 4 is 11.0 Å². The van der Waals surface area contributed by atoms with E-state index in [-0.39, 0.29) is 17.6 Å². The van der Waals surface area contributed by atoms with Crippen LogP contribution in [0.2, 0.25) is 0 Å². The molecule has 0 aliphatic rings. The number of hydrogen-bond donors (Lipinski definition) is 1. The van der Waals surface area contributed by atoms with Crippen LogP contribution in [0.4, 0.5) is 4.39 Å². The molecule has 3 rings (SSSR count). The first-order chi connectivity index (χ1) is 9.56. The van der Waals surface area contributed by atoms with E-state index in [4.69, 9.17) is 0 Å². The Hall–Kier alpha value is -2.43. The lowest BCUT2D eigenvalue weighted by molar-refractivity contribution is 0.475. The molecule has 20 heavy (non-hydrogen) atoms. The van der Waals surface area contributed by atoms with Gasteiger partial charge in [0.25, 0.3) is 0 Å². The van der Waals surface area contributed by atoms with Crippen LogP contribution in [0.25, 0.3) is 22.3 Å². The maximum absolute atomic E-state index is 13.4. The number of phenols is 1. The highest BCUT2D eigenvalue weighted by Crippen LogP contribution is 2.29. The summed E-state index contributed by atoms with van der Waals surface area (Å²) in [5, 5.41) is 13.9. The fraction of sp³-hybridized carbons (Fsp3) is 0.200. The van der Waals surface area contributed by atoms with Crippen LogP contribution in [-0.4, -0.2) is 19.9 Å². The minimum absolute atomic E-state index is 0.104. The second-order valence-electron chi connectivity index (χ2n) is 4.96. The van der Waals surface area contributed by atoms with Gasteiger partial charge < -0.3 is 5.11 Å². The van der Waals surface area contributed by atoms with Crippen LogP contribution in [-0.2, 0) is 0 Å². The number of aromatic hydroxyl groups is 1. The van der Waals surface area contributed by atoms with Gasteiger partial charge in [-0.3, -0.25) is 4.68 Å². The summed E-state index contributed by atoms with van der Waals surface area (Å²) < 4.78 is 15.2. The average molecular weight is 271 g/mol. The fourth-order valence-electron chi connectivity index (χ4n) is 2.20. The Morgan fingerprint density at radius 2 is 1.90 bits per heavy atom. The zero-order valence-corrected chi connectivity index (χ0v) is 11.2. The Morgan fingerprint density at radius 3 is 2.55 bits per heavy atom. The van der Waals surface area contributed by atoms with Crippen LogP contribution >= 0.6 is 0 Å². The van der Waals surface area contributed by atoms with Crippen molar-refractivity contribution in [2.45, 2.75) is 19.9 Å². The standard InChI is InChI=1S/C15H14FN3O/c1-9(2)19-13-7-11(16)8-17-15(13)14(18-19)10-3-5-12(20)6-4-10/h3-9,20H,1-2H3. The number of halogens is 1. The molecule has 0 radical (unpaired) electrons. The van der Waals surface area contributed by atoms with E-state index in [1.807, 2.05) is 13.8 Å². The summed E-state index contributed by atoms with van der Waals surface area (Å²) in [6, 6.07) is 8.28. The van der Waals surface area contributed by atoms with E-state index in [1.165, 1.54) is 12.3 Å². The number of fused-ring (bicyclic) bond motifs is 1. The molecule has 0 fully saturated rings. The molecule has 0 aliphatic carbocycles. The quantitative estimate of drug-likeness (QED) is 0.775. The van der Waals surface area contributed by atoms with E-state index in [9.17, 15) is 9.50 Å². The van der Waals surface area contributed by atoms with Crippen LogP contribution in [0.15, 0.2) is 36.5 Å². The summed E-state index contributed by atoms with van der Waals surface area (Å²) in [5.41, 5.74) is 2.86. The number of hydrogen-bond acceptors (Lipinski definition) is 3. The van der Waals surface area contributed by atoms with Gasteiger partial charge in [0.05, 0.1) is 11.7 Å². The van der Waals surface area contributed by atoms with Crippen molar-refractivity contribution in [2.75, 3.05) is 0 Å². The second-order valence-corrected chi connectivity index (χ2v) is 4.96. The molecule has 5 heteroatoms. The molecule has 0 unspecified atom stereocenters. The summed E-state index contributed by atoms with van der Waals surface area (Å²) in [4.78, 5) is 4.16. The molecule has 1 aromatic carbocycles. The van der Waals surface area contributed by atoms with E-state index >= 15 is 0 Å². The van der Waals surface area contributed by atoms with Crippen molar-refractivity contribution in [3.05, 3.63) is 42.3 Å². The molecule has 0 saturated carbocycles. The van der Waals surface area contributed by atoms with Crippen LogP contribution in [0.5, 0.6) is 5.75 Å². The van der Waals surface area contributed by atoms with Crippen LogP contribution in [0.1, 0.15) is 19.9 Å². The van der Waals surface area contributed by atoms with Gasteiger partial charge in [-0.25, -0.2) is 9.37 Å². The molecule has 0 amide bonds. The van der Waals surface area contributed by atoms with Crippen LogP contribution < -0.4 is 0 Å². The van der Waals surface area contributed by atoms with Gasteiger partial charge in [0.1, 0.15) is 22.8 Å². The van der Waals surface area contributed by atoms with Crippen molar-refractivity contribution in [1.29, 1.82) is 0 Å². The molecule has 0 bridgehead atoms. The Bertz CT molecular complexity index is 763. The molecule has 0 aliphatic heterocycles. The van der Waals surface area contributed by atoms with Crippen molar-refractivity contribution < 1.29 is 9.50 Å². The maximum Gasteiger partial charge on any atom is 0.143 e. The van der Waals surface area contributed by atoms with Gasteiger partial charge in [0.2, 0.25) is 0 Å². The van der Waals surface area contributed by atoms with E-state index < -0.39 is 0 Å². The maximum atomic E-state index is 13.4. The van der Waals surface area contributed by atoms with Crippen molar-refractivity contribution in [1.82, 2.24) is 14.8 Å². The molecule has 4 nitrogen and oxygen atoms in total. The van der Waals surface area contributed by atoms with Gasteiger partial charge in [-0.1, -0.05) is 0 Å². The molecule has 102 valence electrons. The number of benzene rings is 1. The number of aromatic nitrogens is 3. The Labute approximate surface area is 115 Å². The first kappa shape index (κ1) is 12.6. The predicted octanol–water partition coefficient (Wildman–Crippen LogP) is 3.52. The SMILES string of the molecule is CC(C)n1nc(-c2ccc(O)cc2)c2ncc(F)cc21. The molecule has 3 aromatic rings. The largest absolute Gasteiger partial charge is 0.508 e. The van der Waals surface area contributed by atoms with Crippen LogP contribution in [0, 0.1) is 5.82 Å². The lowest BCUT2D eigenvalue weighted by atomic mass is 10.1. The molecule has 2 heterocycles. The molecular formula is C15H14FN3O. The van der Waals surface area contributed by atoms with E-state index in [0.717, 1.165) is 5.56 Å². The molecule has 0 saturated heterocycles. The molecule has 2 aromatic heterocycles. The van der Waals surface area contributed by atoms with Gasteiger partial charge in [-0.15, -0.1) is 0 Å². The molecule has 0 spiro atoms. The van der Waals surface area contributed by atoms with Crippen molar-refractivity contribution in [3.8, 4) is 17.0 Å². The molecular weight excluding hydrogens is 257 g/mol. The summed E-state index contributed by atoms with van der Waals surface area (Å²) in [5.74, 6) is -0.183. The number of nitrogens with zero attached hydrogens (tertiary/aromatic N) is 3. The summed E-state index contributed by atoms with van der Waals surface area (Å²) in [6.07, 6.45) is 1.19. The van der Waals surface area contributed by atoms with E-state index in [1.54, 1.807) is 28.9 Å². The van der Waals surface area contributed by atoms with E-state index in [2.05, 4.69) is 10.1 Å². The monoisotopic (exact) mass is 271 g/mol. The predicted molar refractivity (Wildman–Crippen MR) is 75.0 cm³/mol. The highest BCUT2D eigenvalue weighted by Gasteiger charge is 2.16. The highest BCUT2D eigenvalue weighted by atomic mass is 19.1. The van der Waals surface area contributed by atoms with Gasteiger partial charge >= 0.3 is 0 Å². The number of pyridine rings is 1. The Kier molecular flexibility index (Phi) is 2.89. The zero-order valence-electron chi connectivity index (χ0n) is 11.2. The van der Waals surface area contributed by atoms with Crippen molar-refractivity contribution in [3.63, 3.8) is 0 Å². The van der Waals surface area contributed by atoms with Gasteiger partial charge in [0.15, 0.2) is 0 Å².